The Kier molecular flexibility index (Phi) is 3.17. The van der Waals surface area contributed by atoms with Crippen molar-refractivity contribution in [1.82, 2.24) is 5.32 Å². The highest BCUT2D eigenvalue weighted by molar-refractivity contribution is 5.51. The molecule has 2 heteroatoms. The van der Waals surface area contributed by atoms with Gasteiger partial charge in [-0.2, -0.15) is 0 Å². The Labute approximate surface area is 105 Å². The lowest BCUT2D eigenvalue weighted by Gasteiger charge is -2.27. The van der Waals surface area contributed by atoms with Gasteiger partial charge in [0.1, 0.15) is 0 Å². The Morgan fingerprint density at radius 3 is 2.47 bits per heavy atom. The maximum absolute atomic E-state index is 3.58. The highest BCUT2D eigenvalue weighted by Gasteiger charge is 2.32. The number of likely N-dealkylation sites (N-methyl/N-ethyl adjacent to an activating group) is 1. The molecule has 0 aliphatic carbocycles. The van der Waals surface area contributed by atoms with Crippen molar-refractivity contribution in [2.75, 3.05) is 18.5 Å². The molecule has 1 aromatic rings. The average molecular weight is 232 g/mol. The summed E-state index contributed by atoms with van der Waals surface area (Å²) in [6.07, 6.45) is 1.20. The topological polar surface area (TPSA) is 15.3 Å². The molecule has 1 N–H and O–H groups in total. The first kappa shape index (κ1) is 12.4. The van der Waals surface area contributed by atoms with Crippen LogP contribution in [-0.2, 0) is 0 Å². The van der Waals surface area contributed by atoms with Gasteiger partial charge in [0.2, 0.25) is 0 Å². The Balaban J connectivity index is 2.15. The zero-order valence-electron chi connectivity index (χ0n) is 11.7. The fraction of sp³-hybridized carbons (Fsp3) is 0.600. The molecule has 2 rings (SSSR count). The molecule has 0 bridgehead atoms. The van der Waals surface area contributed by atoms with Gasteiger partial charge in [-0.15, -0.1) is 0 Å². The minimum absolute atomic E-state index is 0.276. The number of hydrogen-bond acceptors (Lipinski definition) is 2. The number of anilines is 1. The van der Waals surface area contributed by atoms with Gasteiger partial charge in [-0.1, -0.05) is 6.07 Å². The van der Waals surface area contributed by atoms with Crippen LogP contribution in [0.25, 0.3) is 0 Å². The summed E-state index contributed by atoms with van der Waals surface area (Å²) >= 11 is 0. The summed E-state index contributed by atoms with van der Waals surface area (Å²) in [6.45, 7) is 9.99. The van der Waals surface area contributed by atoms with Crippen LogP contribution in [-0.4, -0.2) is 25.2 Å². The molecule has 94 valence electrons. The summed E-state index contributed by atoms with van der Waals surface area (Å²) in [5.41, 5.74) is 4.35. The molecule has 0 radical (unpaired) electrons. The number of rotatable bonds is 2. The molecule has 0 saturated carbocycles. The van der Waals surface area contributed by atoms with Crippen LogP contribution in [0.3, 0.4) is 0 Å². The van der Waals surface area contributed by atoms with E-state index >= 15 is 0 Å². The monoisotopic (exact) mass is 232 g/mol. The van der Waals surface area contributed by atoms with Crippen molar-refractivity contribution in [3.63, 3.8) is 0 Å². The van der Waals surface area contributed by atoms with E-state index in [-0.39, 0.29) is 5.54 Å². The summed E-state index contributed by atoms with van der Waals surface area (Å²) in [5.74, 6) is 0. The van der Waals surface area contributed by atoms with Gasteiger partial charge in [0.05, 0.1) is 0 Å². The predicted molar refractivity (Wildman–Crippen MR) is 74.8 cm³/mol. The largest absolute Gasteiger partial charge is 0.370 e. The summed E-state index contributed by atoms with van der Waals surface area (Å²) < 4.78 is 0. The van der Waals surface area contributed by atoms with Crippen LogP contribution in [0, 0.1) is 13.8 Å². The molecule has 1 atom stereocenters. The van der Waals surface area contributed by atoms with Gasteiger partial charge >= 0.3 is 0 Å². The SMILES string of the molecule is Cc1ccc(N(C)C2CNC(C)(C)C2)cc1C. The molecule has 17 heavy (non-hydrogen) atoms. The van der Waals surface area contributed by atoms with Gasteiger partial charge in [-0.05, 0) is 57.4 Å². The molecular weight excluding hydrogens is 208 g/mol. The highest BCUT2D eigenvalue weighted by Crippen LogP contribution is 2.26. The van der Waals surface area contributed by atoms with Crippen LogP contribution in [0.1, 0.15) is 31.4 Å². The van der Waals surface area contributed by atoms with Crippen molar-refractivity contribution in [2.24, 2.45) is 0 Å². The normalized spacial score (nSPS) is 22.8. The van der Waals surface area contributed by atoms with Crippen LogP contribution >= 0.6 is 0 Å². The molecule has 0 aromatic heterocycles. The van der Waals surface area contributed by atoms with Crippen LogP contribution < -0.4 is 10.2 Å². The lowest BCUT2D eigenvalue weighted by molar-refractivity contribution is 0.454. The summed E-state index contributed by atoms with van der Waals surface area (Å²) in [4.78, 5) is 2.41. The number of hydrogen-bond donors (Lipinski definition) is 1. The molecule has 1 heterocycles. The van der Waals surface area contributed by atoms with Gasteiger partial charge in [0.25, 0.3) is 0 Å². The third kappa shape index (κ3) is 2.63. The molecule has 0 spiro atoms. The Hall–Kier alpha value is -1.02. The van der Waals surface area contributed by atoms with Crippen molar-refractivity contribution in [3.8, 4) is 0 Å². The van der Waals surface area contributed by atoms with Crippen LogP contribution in [0.15, 0.2) is 18.2 Å². The van der Waals surface area contributed by atoms with Gasteiger partial charge < -0.3 is 10.2 Å². The van der Waals surface area contributed by atoms with Crippen LogP contribution in [0.5, 0.6) is 0 Å². The molecule has 1 aliphatic rings. The minimum Gasteiger partial charge on any atom is -0.370 e. The van der Waals surface area contributed by atoms with Crippen LogP contribution in [0.4, 0.5) is 5.69 Å². The molecule has 1 fully saturated rings. The Morgan fingerprint density at radius 2 is 1.94 bits per heavy atom. The van der Waals surface area contributed by atoms with E-state index in [1.165, 1.54) is 23.2 Å². The summed E-state index contributed by atoms with van der Waals surface area (Å²) in [6, 6.07) is 7.34. The molecule has 0 amide bonds. The van der Waals surface area contributed by atoms with Crippen molar-refractivity contribution in [2.45, 2.75) is 45.7 Å². The second kappa shape index (κ2) is 4.34. The van der Waals surface area contributed by atoms with E-state index in [1.54, 1.807) is 0 Å². The molecule has 1 unspecified atom stereocenters. The van der Waals surface area contributed by atoms with Crippen molar-refractivity contribution in [1.29, 1.82) is 0 Å². The third-order valence-corrected chi connectivity index (χ3v) is 4.01. The van der Waals surface area contributed by atoms with E-state index in [0.29, 0.717) is 6.04 Å². The van der Waals surface area contributed by atoms with E-state index in [0.717, 1.165) is 6.54 Å². The first-order chi connectivity index (χ1) is 7.89. The number of nitrogens with zero attached hydrogens (tertiary/aromatic N) is 1. The fourth-order valence-corrected chi connectivity index (χ4v) is 2.56. The first-order valence-corrected chi connectivity index (χ1v) is 6.44. The van der Waals surface area contributed by atoms with Crippen molar-refractivity contribution < 1.29 is 0 Å². The van der Waals surface area contributed by atoms with Gasteiger partial charge in [0.15, 0.2) is 0 Å². The Bertz CT molecular complexity index is 409. The van der Waals surface area contributed by atoms with Crippen LogP contribution in [0.2, 0.25) is 0 Å². The average Bonchev–Trinajstić information content (AvgIpc) is 2.62. The summed E-state index contributed by atoms with van der Waals surface area (Å²) in [7, 11) is 2.21. The second-order valence-electron chi connectivity index (χ2n) is 6.00. The lowest BCUT2D eigenvalue weighted by atomic mass is 10.0. The van der Waals surface area contributed by atoms with Gasteiger partial charge in [-0.25, -0.2) is 0 Å². The standard InChI is InChI=1S/C15H24N2/c1-11-6-7-13(8-12(11)2)17(5)14-9-15(3,4)16-10-14/h6-8,14,16H,9-10H2,1-5H3. The molecular formula is C15H24N2. The first-order valence-electron chi connectivity index (χ1n) is 6.44. The summed E-state index contributed by atoms with van der Waals surface area (Å²) in [5, 5.41) is 3.58. The van der Waals surface area contributed by atoms with E-state index in [1.807, 2.05) is 0 Å². The fourth-order valence-electron chi connectivity index (χ4n) is 2.56. The van der Waals surface area contributed by atoms with E-state index in [2.05, 4.69) is 63.2 Å². The number of aryl methyl sites for hydroxylation is 2. The minimum atomic E-state index is 0.276. The van der Waals surface area contributed by atoms with Gasteiger partial charge in [-0.3, -0.25) is 0 Å². The zero-order chi connectivity index (χ0) is 12.6. The maximum Gasteiger partial charge on any atom is 0.0428 e. The predicted octanol–water partition coefficient (Wildman–Crippen LogP) is 2.88. The Morgan fingerprint density at radius 1 is 1.24 bits per heavy atom. The van der Waals surface area contributed by atoms with Gasteiger partial charge in [0, 0.05) is 30.9 Å². The molecule has 1 saturated heterocycles. The van der Waals surface area contributed by atoms with Crippen molar-refractivity contribution >= 4 is 5.69 Å². The second-order valence-corrected chi connectivity index (χ2v) is 6.00. The zero-order valence-corrected chi connectivity index (χ0v) is 11.7. The molecule has 2 nitrogen and oxygen atoms in total. The maximum atomic E-state index is 3.58. The molecule has 1 aromatic carbocycles. The van der Waals surface area contributed by atoms with Crippen molar-refractivity contribution in [3.05, 3.63) is 29.3 Å². The quantitative estimate of drug-likeness (QED) is 0.843. The smallest absolute Gasteiger partial charge is 0.0428 e. The number of nitrogens with one attached hydrogen (secondary N) is 1. The van der Waals surface area contributed by atoms with E-state index < -0.39 is 0 Å². The van der Waals surface area contributed by atoms with E-state index in [4.69, 9.17) is 0 Å². The molecule has 1 aliphatic heterocycles. The third-order valence-electron chi connectivity index (χ3n) is 4.01. The highest BCUT2D eigenvalue weighted by atomic mass is 15.2. The van der Waals surface area contributed by atoms with E-state index in [9.17, 15) is 0 Å². The lowest BCUT2D eigenvalue weighted by Crippen LogP contribution is -2.33. The number of benzene rings is 1.